The van der Waals surface area contributed by atoms with Crippen molar-refractivity contribution in [2.45, 2.75) is 10.9 Å². The summed E-state index contributed by atoms with van der Waals surface area (Å²) in [7, 11) is 1.26. The Labute approximate surface area is 155 Å². The second-order valence-electron chi connectivity index (χ2n) is 4.58. The summed E-state index contributed by atoms with van der Waals surface area (Å²) in [6.45, 7) is 0.224. The lowest BCUT2D eigenvalue weighted by Crippen LogP contribution is -2.43. The third kappa shape index (κ3) is 9.25. The Bertz CT molecular complexity index is 572. The van der Waals surface area contributed by atoms with Crippen LogP contribution in [0.25, 0.3) is 0 Å². The molecule has 1 aromatic rings. The van der Waals surface area contributed by atoms with Crippen molar-refractivity contribution in [3.63, 3.8) is 0 Å². The molecule has 11 heteroatoms. The zero-order valence-corrected chi connectivity index (χ0v) is 15.1. The molecular weight excluding hydrogens is 374 g/mol. The first-order chi connectivity index (χ1) is 11.4. The zero-order chi connectivity index (χ0) is 17.9. The molecule has 0 aromatic heterocycles. The van der Waals surface area contributed by atoms with Crippen LogP contribution in [0, 0.1) is 10.1 Å². The SMILES string of the molecule is COC(=O)CNCC(N)C(=O)OCCSc1ccc([N+](=O)[O-])cc1.Cl. The fraction of sp³-hybridized carbons (Fsp3) is 0.429. The van der Waals surface area contributed by atoms with E-state index in [0.29, 0.717) is 5.75 Å². The van der Waals surface area contributed by atoms with Gasteiger partial charge in [0.25, 0.3) is 5.69 Å². The summed E-state index contributed by atoms with van der Waals surface area (Å²) < 4.78 is 9.46. The monoisotopic (exact) mass is 393 g/mol. The van der Waals surface area contributed by atoms with Crippen molar-refractivity contribution in [2.24, 2.45) is 5.73 Å². The van der Waals surface area contributed by atoms with E-state index in [9.17, 15) is 19.7 Å². The van der Waals surface area contributed by atoms with Crippen molar-refractivity contribution in [3.05, 3.63) is 34.4 Å². The Hall–Kier alpha value is -1.88. The van der Waals surface area contributed by atoms with Crippen LogP contribution in [0.5, 0.6) is 0 Å². The number of rotatable bonds is 10. The van der Waals surface area contributed by atoms with Gasteiger partial charge in [-0.1, -0.05) is 0 Å². The number of nitro groups is 1. The number of esters is 2. The predicted molar refractivity (Wildman–Crippen MR) is 94.9 cm³/mol. The lowest BCUT2D eigenvalue weighted by molar-refractivity contribution is -0.384. The third-order valence-corrected chi connectivity index (χ3v) is 3.78. The van der Waals surface area contributed by atoms with Gasteiger partial charge >= 0.3 is 11.9 Å². The van der Waals surface area contributed by atoms with Crippen LogP contribution in [0.3, 0.4) is 0 Å². The molecule has 1 unspecified atom stereocenters. The molecule has 140 valence electrons. The molecule has 0 amide bonds. The summed E-state index contributed by atoms with van der Waals surface area (Å²) in [6, 6.07) is 5.22. The summed E-state index contributed by atoms with van der Waals surface area (Å²) in [5.74, 6) is -0.530. The zero-order valence-electron chi connectivity index (χ0n) is 13.5. The summed E-state index contributed by atoms with van der Waals surface area (Å²) >= 11 is 1.40. The number of hydrogen-bond donors (Lipinski definition) is 2. The number of benzene rings is 1. The molecule has 9 nitrogen and oxygen atoms in total. The summed E-state index contributed by atoms with van der Waals surface area (Å²) in [6.07, 6.45) is 0. The maximum Gasteiger partial charge on any atom is 0.324 e. The number of thioether (sulfide) groups is 1. The maximum atomic E-state index is 11.6. The lowest BCUT2D eigenvalue weighted by atomic mass is 10.3. The van der Waals surface area contributed by atoms with Crippen LogP contribution in [0.4, 0.5) is 5.69 Å². The van der Waals surface area contributed by atoms with Crippen molar-refractivity contribution in [2.75, 3.05) is 32.6 Å². The molecule has 0 spiro atoms. The number of ether oxygens (including phenoxy) is 2. The molecule has 0 heterocycles. The number of non-ortho nitro benzene ring substituents is 1. The van der Waals surface area contributed by atoms with Gasteiger partial charge in [0, 0.05) is 29.3 Å². The van der Waals surface area contributed by atoms with E-state index >= 15 is 0 Å². The highest BCUT2D eigenvalue weighted by Crippen LogP contribution is 2.21. The molecule has 0 aliphatic rings. The van der Waals surface area contributed by atoms with Crippen molar-refractivity contribution in [1.82, 2.24) is 5.32 Å². The number of methoxy groups -OCH3 is 1. The van der Waals surface area contributed by atoms with E-state index < -0.39 is 22.9 Å². The molecule has 0 aliphatic heterocycles. The molecule has 1 atom stereocenters. The molecule has 0 radical (unpaired) electrons. The van der Waals surface area contributed by atoms with Crippen LogP contribution < -0.4 is 11.1 Å². The fourth-order valence-electron chi connectivity index (χ4n) is 1.56. The molecule has 3 N–H and O–H groups in total. The molecular formula is C14H20ClN3O6S. The van der Waals surface area contributed by atoms with E-state index in [2.05, 4.69) is 10.1 Å². The van der Waals surface area contributed by atoms with Crippen LogP contribution in [0.15, 0.2) is 29.2 Å². The van der Waals surface area contributed by atoms with Crippen molar-refractivity contribution >= 4 is 41.8 Å². The van der Waals surface area contributed by atoms with E-state index in [1.54, 1.807) is 12.1 Å². The van der Waals surface area contributed by atoms with Crippen molar-refractivity contribution in [3.8, 4) is 0 Å². The lowest BCUT2D eigenvalue weighted by Gasteiger charge is -2.12. The Morgan fingerprint density at radius 1 is 1.36 bits per heavy atom. The van der Waals surface area contributed by atoms with Gasteiger partial charge in [-0.25, -0.2) is 0 Å². The summed E-state index contributed by atoms with van der Waals surface area (Å²) in [5.41, 5.74) is 5.65. The number of hydrogen-bond acceptors (Lipinski definition) is 9. The van der Waals surface area contributed by atoms with Crippen LogP contribution in [-0.2, 0) is 19.1 Å². The quantitative estimate of drug-likeness (QED) is 0.194. The molecule has 0 saturated heterocycles. The molecule has 0 saturated carbocycles. The standard InChI is InChI=1S/C14H19N3O6S.ClH/c1-22-13(18)9-16-8-12(15)14(19)23-6-7-24-11-4-2-10(3-5-11)17(20)21;/h2-5,12,16H,6-9,15H2,1H3;1H. The minimum absolute atomic E-state index is 0. The topological polar surface area (TPSA) is 134 Å². The highest BCUT2D eigenvalue weighted by molar-refractivity contribution is 7.99. The molecule has 0 bridgehead atoms. The average Bonchev–Trinajstić information content (AvgIpc) is 2.58. The van der Waals surface area contributed by atoms with E-state index in [1.807, 2.05) is 0 Å². The number of halogens is 1. The fourth-order valence-corrected chi connectivity index (χ4v) is 2.29. The molecule has 1 rings (SSSR count). The molecule has 25 heavy (non-hydrogen) atoms. The Morgan fingerprint density at radius 2 is 2.00 bits per heavy atom. The maximum absolute atomic E-state index is 11.6. The first kappa shape index (κ1) is 23.1. The van der Waals surface area contributed by atoms with Gasteiger partial charge in [-0.2, -0.15) is 0 Å². The Morgan fingerprint density at radius 3 is 2.56 bits per heavy atom. The highest BCUT2D eigenvalue weighted by Gasteiger charge is 2.15. The van der Waals surface area contributed by atoms with Gasteiger partial charge < -0.3 is 20.5 Å². The average molecular weight is 394 g/mol. The number of nitro benzene ring substituents is 1. The van der Waals surface area contributed by atoms with Gasteiger partial charge in [-0.05, 0) is 12.1 Å². The third-order valence-electron chi connectivity index (χ3n) is 2.81. The minimum Gasteiger partial charge on any atom is -0.468 e. The van der Waals surface area contributed by atoms with Gasteiger partial charge in [0.1, 0.15) is 12.6 Å². The molecule has 1 aromatic carbocycles. The summed E-state index contributed by atoms with van der Waals surface area (Å²) in [5, 5.41) is 13.2. The highest BCUT2D eigenvalue weighted by atomic mass is 35.5. The van der Waals surface area contributed by atoms with E-state index in [-0.39, 0.29) is 37.8 Å². The van der Waals surface area contributed by atoms with Crippen LogP contribution in [0.2, 0.25) is 0 Å². The Kier molecular flexibility index (Phi) is 11.5. The number of carbonyl (C=O) groups is 2. The number of nitrogens with two attached hydrogens (primary N) is 1. The van der Waals surface area contributed by atoms with Gasteiger partial charge in [0.05, 0.1) is 18.6 Å². The van der Waals surface area contributed by atoms with Crippen LogP contribution >= 0.6 is 24.2 Å². The predicted octanol–water partition coefficient (Wildman–Crippen LogP) is 0.742. The van der Waals surface area contributed by atoms with Crippen molar-refractivity contribution < 1.29 is 24.0 Å². The number of nitrogens with one attached hydrogen (secondary N) is 1. The number of carbonyl (C=O) groups excluding carboxylic acids is 2. The van der Waals surface area contributed by atoms with E-state index in [1.165, 1.54) is 31.0 Å². The Balaban J connectivity index is 0.00000576. The van der Waals surface area contributed by atoms with Gasteiger partial charge in [-0.3, -0.25) is 19.7 Å². The van der Waals surface area contributed by atoms with Crippen molar-refractivity contribution in [1.29, 1.82) is 0 Å². The first-order valence-electron chi connectivity index (χ1n) is 7.01. The molecule has 0 fully saturated rings. The normalized spacial score (nSPS) is 11.1. The smallest absolute Gasteiger partial charge is 0.324 e. The van der Waals surface area contributed by atoms with E-state index in [0.717, 1.165) is 4.90 Å². The first-order valence-corrected chi connectivity index (χ1v) is 7.99. The second kappa shape index (κ2) is 12.5. The molecule has 0 aliphatic carbocycles. The van der Waals surface area contributed by atoms with Gasteiger partial charge in [0.2, 0.25) is 0 Å². The van der Waals surface area contributed by atoms with E-state index in [4.69, 9.17) is 10.5 Å². The van der Waals surface area contributed by atoms with Crippen LogP contribution in [-0.4, -0.2) is 55.5 Å². The van der Waals surface area contributed by atoms with Gasteiger partial charge in [0.15, 0.2) is 0 Å². The summed E-state index contributed by atoms with van der Waals surface area (Å²) in [4.78, 5) is 33.4. The number of nitrogens with zero attached hydrogens (tertiary/aromatic N) is 1. The second-order valence-corrected chi connectivity index (χ2v) is 5.75. The van der Waals surface area contributed by atoms with Crippen LogP contribution in [0.1, 0.15) is 0 Å². The van der Waals surface area contributed by atoms with Gasteiger partial charge in [-0.15, -0.1) is 24.2 Å². The largest absolute Gasteiger partial charge is 0.468 e. The minimum atomic E-state index is -0.876.